The van der Waals surface area contributed by atoms with Crippen molar-refractivity contribution in [2.45, 2.75) is 39.0 Å². The molecule has 2 aromatic heterocycles. The summed E-state index contributed by atoms with van der Waals surface area (Å²) < 4.78 is 1.85. The smallest absolute Gasteiger partial charge is 0.280 e. The van der Waals surface area contributed by atoms with Crippen LogP contribution in [0.2, 0.25) is 0 Å². The summed E-state index contributed by atoms with van der Waals surface area (Å²) in [6.45, 7) is 2.18. The minimum Gasteiger partial charge on any atom is -0.369 e. The highest BCUT2D eigenvalue weighted by Crippen LogP contribution is 2.12. The maximum atomic E-state index is 11.7. The topological polar surface area (TPSA) is 89.6 Å². The highest BCUT2D eigenvalue weighted by atomic mass is 16.1. The van der Waals surface area contributed by atoms with Crippen LogP contribution in [-0.4, -0.2) is 19.5 Å². The quantitative estimate of drug-likeness (QED) is 0.783. The zero-order valence-corrected chi connectivity index (χ0v) is 10.9. The van der Waals surface area contributed by atoms with Gasteiger partial charge in [-0.25, -0.2) is 4.98 Å². The summed E-state index contributed by atoms with van der Waals surface area (Å²) in [5.74, 6) is 1.03. The third-order valence-corrected chi connectivity index (χ3v) is 3.09. The van der Waals surface area contributed by atoms with Crippen LogP contribution in [0.5, 0.6) is 0 Å². The van der Waals surface area contributed by atoms with Crippen LogP contribution in [0.1, 0.15) is 38.4 Å². The second-order valence-electron chi connectivity index (χ2n) is 4.52. The largest absolute Gasteiger partial charge is 0.369 e. The maximum absolute atomic E-state index is 11.7. The van der Waals surface area contributed by atoms with Crippen LogP contribution in [0, 0.1) is 0 Å². The first-order valence-corrected chi connectivity index (χ1v) is 6.34. The highest BCUT2D eigenvalue weighted by molar-refractivity contribution is 5.71. The molecule has 0 aliphatic heterocycles. The lowest BCUT2D eigenvalue weighted by molar-refractivity contribution is 0.641. The summed E-state index contributed by atoms with van der Waals surface area (Å²) in [7, 11) is 1.87. The van der Waals surface area contributed by atoms with E-state index in [0.29, 0.717) is 11.2 Å². The van der Waals surface area contributed by atoms with E-state index in [4.69, 9.17) is 5.73 Å². The SMILES string of the molecule is CCCCCCc1nc2c(=O)[nH]c(N)nc2n1C. The minimum atomic E-state index is -0.270. The maximum Gasteiger partial charge on any atom is 0.280 e. The fourth-order valence-electron chi connectivity index (χ4n) is 2.07. The van der Waals surface area contributed by atoms with Crippen molar-refractivity contribution in [1.82, 2.24) is 19.5 Å². The van der Waals surface area contributed by atoms with Gasteiger partial charge in [0, 0.05) is 13.5 Å². The highest BCUT2D eigenvalue weighted by Gasteiger charge is 2.12. The Morgan fingerprint density at radius 1 is 1.28 bits per heavy atom. The van der Waals surface area contributed by atoms with Crippen LogP contribution < -0.4 is 11.3 Å². The first-order valence-electron chi connectivity index (χ1n) is 6.34. The lowest BCUT2D eigenvalue weighted by Gasteiger charge is -2.01. The second kappa shape index (κ2) is 5.20. The van der Waals surface area contributed by atoms with Gasteiger partial charge in [-0.05, 0) is 6.42 Å². The molecule has 2 rings (SSSR count). The molecule has 0 bridgehead atoms. The molecular weight excluding hydrogens is 230 g/mol. The van der Waals surface area contributed by atoms with Gasteiger partial charge in [-0.1, -0.05) is 26.2 Å². The zero-order chi connectivity index (χ0) is 13.1. The number of hydrogen-bond donors (Lipinski definition) is 2. The molecule has 0 atom stereocenters. The molecule has 6 heteroatoms. The third-order valence-electron chi connectivity index (χ3n) is 3.09. The van der Waals surface area contributed by atoms with Gasteiger partial charge in [0.25, 0.3) is 5.56 Å². The summed E-state index contributed by atoms with van der Waals surface area (Å²) in [4.78, 5) is 22.6. The Morgan fingerprint density at radius 2 is 2.06 bits per heavy atom. The molecule has 0 aliphatic carbocycles. The Labute approximate surface area is 105 Å². The predicted octanol–water partition coefficient (Wildman–Crippen LogP) is 1.36. The average molecular weight is 249 g/mol. The molecule has 6 nitrogen and oxygen atoms in total. The number of aromatic amines is 1. The van der Waals surface area contributed by atoms with E-state index in [1.165, 1.54) is 19.3 Å². The van der Waals surface area contributed by atoms with Gasteiger partial charge >= 0.3 is 0 Å². The monoisotopic (exact) mass is 249 g/mol. The number of fused-ring (bicyclic) bond motifs is 1. The van der Waals surface area contributed by atoms with Crippen molar-refractivity contribution in [2.75, 3.05) is 5.73 Å². The summed E-state index contributed by atoms with van der Waals surface area (Å²) in [5, 5.41) is 0. The van der Waals surface area contributed by atoms with E-state index in [0.717, 1.165) is 18.7 Å². The third kappa shape index (κ3) is 2.37. The van der Waals surface area contributed by atoms with Gasteiger partial charge in [-0.3, -0.25) is 9.78 Å². The molecule has 0 saturated carbocycles. The fourth-order valence-corrected chi connectivity index (χ4v) is 2.07. The van der Waals surface area contributed by atoms with Crippen molar-refractivity contribution >= 4 is 17.1 Å². The summed E-state index contributed by atoms with van der Waals surface area (Å²) in [5.41, 5.74) is 6.19. The average Bonchev–Trinajstić information content (AvgIpc) is 2.63. The van der Waals surface area contributed by atoms with Crippen molar-refractivity contribution in [3.05, 3.63) is 16.2 Å². The number of rotatable bonds is 5. The van der Waals surface area contributed by atoms with E-state index in [1.807, 2.05) is 11.6 Å². The number of unbranched alkanes of at least 4 members (excludes halogenated alkanes) is 3. The number of nitrogens with two attached hydrogens (primary N) is 1. The Kier molecular flexibility index (Phi) is 3.64. The molecule has 0 aliphatic rings. The summed E-state index contributed by atoms with van der Waals surface area (Å²) >= 11 is 0. The Bertz CT molecular complexity index is 598. The molecule has 0 unspecified atom stereocenters. The molecule has 0 radical (unpaired) electrons. The standard InChI is InChI=1S/C12H19N5O/c1-3-4-5-6-7-8-14-9-10(17(8)2)15-12(13)16-11(9)18/h3-7H2,1-2H3,(H3,13,15,16,18). The molecule has 0 fully saturated rings. The van der Waals surface area contributed by atoms with Gasteiger partial charge < -0.3 is 10.3 Å². The molecule has 0 aromatic carbocycles. The molecule has 0 amide bonds. The predicted molar refractivity (Wildman–Crippen MR) is 71.4 cm³/mol. The van der Waals surface area contributed by atoms with Crippen LogP contribution in [0.4, 0.5) is 5.95 Å². The number of aryl methyl sites for hydroxylation is 2. The number of H-pyrrole nitrogens is 1. The van der Waals surface area contributed by atoms with E-state index in [9.17, 15) is 4.79 Å². The van der Waals surface area contributed by atoms with Gasteiger partial charge in [0.05, 0.1) is 0 Å². The Morgan fingerprint density at radius 3 is 2.78 bits per heavy atom. The van der Waals surface area contributed by atoms with Crippen molar-refractivity contribution in [2.24, 2.45) is 7.05 Å². The van der Waals surface area contributed by atoms with E-state index < -0.39 is 0 Å². The number of nitrogens with one attached hydrogen (secondary N) is 1. The molecule has 0 saturated heterocycles. The molecule has 0 spiro atoms. The number of imidazole rings is 1. The van der Waals surface area contributed by atoms with E-state index in [1.54, 1.807) is 0 Å². The van der Waals surface area contributed by atoms with Crippen LogP contribution in [-0.2, 0) is 13.5 Å². The Hall–Kier alpha value is -1.85. The number of anilines is 1. The van der Waals surface area contributed by atoms with Crippen molar-refractivity contribution in [3.8, 4) is 0 Å². The van der Waals surface area contributed by atoms with Gasteiger partial charge in [-0.2, -0.15) is 4.98 Å². The molecule has 18 heavy (non-hydrogen) atoms. The Balaban J connectivity index is 2.27. The fraction of sp³-hybridized carbons (Fsp3) is 0.583. The first-order chi connectivity index (χ1) is 8.63. The van der Waals surface area contributed by atoms with Crippen LogP contribution >= 0.6 is 0 Å². The minimum absolute atomic E-state index is 0.132. The van der Waals surface area contributed by atoms with Crippen LogP contribution in [0.15, 0.2) is 4.79 Å². The molecule has 2 heterocycles. The molecule has 98 valence electrons. The zero-order valence-electron chi connectivity index (χ0n) is 10.9. The summed E-state index contributed by atoms with van der Waals surface area (Å²) in [6, 6.07) is 0. The van der Waals surface area contributed by atoms with Crippen molar-refractivity contribution < 1.29 is 0 Å². The lowest BCUT2D eigenvalue weighted by Crippen LogP contribution is -2.11. The van der Waals surface area contributed by atoms with Gasteiger partial charge in [0.2, 0.25) is 5.95 Å². The first kappa shape index (κ1) is 12.6. The van der Waals surface area contributed by atoms with Gasteiger partial charge in [0.1, 0.15) is 5.82 Å². The number of aromatic nitrogens is 4. The van der Waals surface area contributed by atoms with E-state index in [-0.39, 0.29) is 11.5 Å². The van der Waals surface area contributed by atoms with E-state index >= 15 is 0 Å². The number of hydrogen-bond acceptors (Lipinski definition) is 4. The van der Waals surface area contributed by atoms with Crippen LogP contribution in [0.3, 0.4) is 0 Å². The van der Waals surface area contributed by atoms with E-state index in [2.05, 4.69) is 21.9 Å². The lowest BCUT2D eigenvalue weighted by atomic mass is 10.1. The molecule has 2 aromatic rings. The van der Waals surface area contributed by atoms with Crippen molar-refractivity contribution in [3.63, 3.8) is 0 Å². The number of nitrogens with zero attached hydrogens (tertiary/aromatic N) is 3. The number of nitrogen functional groups attached to an aromatic ring is 1. The van der Waals surface area contributed by atoms with Crippen molar-refractivity contribution in [1.29, 1.82) is 0 Å². The summed E-state index contributed by atoms with van der Waals surface area (Å²) in [6.07, 6.45) is 5.58. The van der Waals surface area contributed by atoms with Gasteiger partial charge in [-0.15, -0.1) is 0 Å². The molecule has 3 N–H and O–H groups in total. The second-order valence-corrected chi connectivity index (χ2v) is 4.52. The van der Waals surface area contributed by atoms with Crippen LogP contribution in [0.25, 0.3) is 11.2 Å². The van der Waals surface area contributed by atoms with Gasteiger partial charge in [0.15, 0.2) is 11.2 Å². The molecular formula is C12H19N5O. The normalized spacial score (nSPS) is 11.2.